The summed E-state index contributed by atoms with van der Waals surface area (Å²) >= 11 is 0. The Morgan fingerprint density at radius 2 is 2.20 bits per heavy atom. The van der Waals surface area contributed by atoms with Crippen LogP contribution in [0.3, 0.4) is 0 Å². The summed E-state index contributed by atoms with van der Waals surface area (Å²) in [6.45, 7) is 4.48. The van der Waals surface area contributed by atoms with Gasteiger partial charge in [0.2, 0.25) is 0 Å². The molecule has 0 aliphatic carbocycles. The molecule has 0 heterocycles. The van der Waals surface area contributed by atoms with Crippen LogP contribution in [0.25, 0.3) is 0 Å². The van der Waals surface area contributed by atoms with Crippen molar-refractivity contribution in [2.24, 2.45) is 0 Å². The minimum atomic E-state index is 0.0825. The average Bonchev–Trinajstić information content (AvgIpc) is 1.86. The fourth-order valence-electron chi connectivity index (χ4n) is 0.613. The molecule has 0 aromatic rings. The number of aliphatic hydroxyl groups excluding tert-OH is 1. The van der Waals surface area contributed by atoms with Crippen molar-refractivity contribution in [3.8, 4) is 0 Å². The molecule has 0 amide bonds. The number of hydrogen-bond donors (Lipinski definition) is 2. The molecule has 0 aliphatic rings. The first-order valence-corrected chi connectivity index (χ1v) is 3.23. The fraction of sp³-hybridized carbons (Fsp3) is 0.571. The molecule has 10 heavy (non-hydrogen) atoms. The fourth-order valence-corrected chi connectivity index (χ4v) is 0.613. The lowest BCUT2D eigenvalue weighted by Gasteiger charge is -2.11. The van der Waals surface area contributed by atoms with Crippen molar-refractivity contribution < 1.29 is 5.11 Å². The van der Waals surface area contributed by atoms with E-state index in [9.17, 15) is 0 Å². The lowest BCUT2D eigenvalue weighted by Crippen LogP contribution is -2.18. The molecule has 0 radical (unpaired) electrons. The Labute approximate surface area is 61.5 Å². The molecule has 0 atom stereocenters. The van der Waals surface area contributed by atoms with Crippen molar-refractivity contribution in [1.82, 2.24) is 4.90 Å². The van der Waals surface area contributed by atoms with Crippen LogP contribution in [0.1, 0.15) is 13.8 Å². The van der Waals surface area contributed by atoms with E-state index in [1.54, 1.807) is 4.90 Å². The van der Waals surface area contributed by atoms with Gasteiger partial charge < -0.3 is 10.0 Å². The van der Waals surface area contributed by atoms with Gasteiger partial charge >= 0.3 is 0 Å². The Kier molecular flexibility index (Phi) is 4.58. The van der Waals surface area contributed by atoms with Gasteiger partial charge in [-0.05, 0) is 13.8 Å². The highest BCUT2D eigenvalue weighted by Gasteiger charge is 1.91. The molecular formula is C7H14N2O. The Balaban J connectivity index is 3.82. The van der Waals surface area contributed by atoms with Gasteiger partial charge in [0.05, 0.1) is 12.9 Å². The molecule has 58 valence electrons. The standard InChI is InChI=1S/C7H14N2O/c1-7(2)5-9(6-8)3-4-10/h5-6,8,10H,3-4H2,1-2H3. The van der Waals surface area contributed by atoms with Crippen molar-refractivity contribution in [2.45, 2.75) is 13.8 Å². The Morgan fingerprint density at radius 3 is 2.50 bits per heavy atom. The van der Waals surface area contributed by atoms with E-state index in [0.29, 0.717) is 6.54 Å². The highest BCUT2D eigenvalue weighted by atomic mass is 16.3. The lowest BCUT2D eigenvalue weighted by atomic mass is 10.4. The van der Waals surface area contributed by atoms with Gasteiger partial charge in [0.25, 0.3) is 0 Å². The van der Waals surface area contributed by atoms with Crippen LogP contribution in [0.2, 0.25) is 0 Å². The number of nitrogens with zero attached hydrogens (tertiary/aromatic N) is 1. The monoisotopic (exact) mass is 142 g/mol. The summed E-state index contributed by atoms with van der Waals surface area (Å²) < 4.78 is 0. The van der Waals surface area contributed by atoms with Gasteiger partial charge in [-0.25, -0.2) is 0 Å². The Morgan fingerprint density at radius 1 is 1.60 bits per heavy atom. The molecule has 0 fully saturated rings. The number of hydrogen-bond acceptors (Lipinski definition) is 2. The maximum atomic E-state index is 8.51. The van der Waals surface area contributed by atoms with Gasteiger partial charge in [0.15, 0.2) is 0 Å². The molecule has 3 heteroatoms. The zero-order valence-electron chi connectivity index (χ0n) is 6.46. The molecule has 0 aromatic heterocycles. The van der Waals surface area contributed by atoms with E-state index in [1.165, 1.54) is 6.34 Å². The highest BCUT2D eigenvalue weighted by molar-refractivity contribution is 5.52. The third-order valence-electron chi connectivity index (χ3n) is 0.948. The summed E-state index contributed by atoms with van der Waals surface area (Å²) in [5.74, 6) is 0. The molecule has 0 bridgehead atoms. The van der Waals surface area contributed by atoms with Crippen LogP contribution in [-0.4, -0.2) is 29.5 Å². The molecule has 3 nitrogen and oxygen atoms in total. The van der Waals surface area contributed by atoms with Crippen LogP contribution >= 0.6 is 0 Å². The molecule has 0 spiro atoms. The Hall–Kier alpha value is -0.830. The summed E-state index contributed by atoms with van der Waals surface area (Å²) in [7, 11) is 0. The van der Waals surface area contributed by atoms with Gasteiger partial charge in [-0.1, -0.05) is 5.57 Å². The van der Waals surface area contributed by atoms with Crippen LogP contribution in [0.5, 0.6) is 0 Å². The van der Waals surface area contributed by atoms with Crippen molar-refractivity contribution in [1.29, 1.82) is 5.41 Å². The zero-order valence-corrected chi connectivity index (χ0v) is 6.46. The number of allylic oxidation sites excluding steroid dienone is 1. The maximum Gasteiger partial charge on any atom is 0.0857 e. The van der Waals surface area contributed by atoms with Crippen molar-refractivity contribution in [2.75, 3.05) is 13.2 Å². The second kappa shape index (κ2) is 4.99. The average molecular weight is 142 g/mol. The SMILES string of the molecule is CC(C)=CN(C=N)CCO. The Bertz CT molecular complexity index is 128. The summed E-state index contributed by atoms with van der Waals surface area (Å²) in [4.78, 5) is 1.63. The van der Waals surface area contributed by atoms with E-state index in [1.807, 2.05) is 20.0 Å². The molecule has 0 aliphatic heterocycles. The minimum Gasteiger partial charge on any atom is -0.395 e. The molecule has 0 aromatic carbocycles. The summed E-state index contributed by atoms with van der Waals surface area (Å²) in [5, 5.41) is 15.4. The number of rotatable bonds is 4. The minimum absolute atomic E-state index is 0.0825. The van der Waals surface area contributed by atoms with Crippen LogP contribution in [0, 0.1) is 5.41 Å². The van der Waals surface area contributed by atoms with Crippen molar-refractivity contribution in [3.63, 3.8) is 0 Å². The molecule has 0 saturated heterocycles. The second-order valence-electron chi connectivity index (χ2n) is 2.30. The van der Waals surface area contributed by atoms with Gasteiger partial charge in [-0.2, -0.15) is 0 Å². The first-order chi connectivity index (χ1) is 4.70. The first kappa shape index (κ1) is 9.17. The summed E-state index contributed by atoms with van der Waals surface area (Å²) in [6.07, 6.45) is 3.02. The number of nitrogens with one attached hydrogen (secondary N) is 1. The predicted octanol–water partition coefficient (Wildman–Crippen LogP) is 0.811. The molecule has 2 N–H and O–H groups in total. The second-order valence-corrected chi connectivity index (χ2v) is 2.30. The van der Waals surface area contributed by atoms with E-state index in [-0.39, 0.29) is 6.61 Å². The smallest absolute Gasteiger partial charge is 0.0857 e. The van der Waals surface area contributed by atoms with Crippen LogP contribution < -0.4 is 0 Å². The van der Waals surface area contributed by atoms with Crippen LogP contribution in [0.15, 0.2) is 11.8 Å². The summed E-state index contributed by atoms with van der Waals surface area (Å²) in [6, 6.07) is 0. The van der Waals surface area contributed by atoms with Gasteiger partial charge in [0.1, 0.15) is 0 Å². The van der Waals surface area contributed by atoms with E-state index >= 15 is 0 Å². The van der Waals surface area contributed by atoms with E-state index in [0.717, 1.165) is 5.57 Å². The lowest BCUT2D eigenvalue weighted by molar-refractivity contribution is 0.272. The van der Waals surface area contributed by atoms with E-state index < -0.39 is 0 Å². The third-order valence-corrected chi connectivity index (χ3v) is 0.948. The van der Waals surface area contributed by atoms with Gasteiger partial charge in [-0.3, -0.25) is 5.41 Å². The molecule has 0 unspecified atom stereocenters. The largest absolute Gasteiger partial charge is 0.395 e. The topological polar surface area (TPSA) is 47.3 Å². The van der Waals surface area contributed by atoms with Crippen molar-refractivity contribution >= 4 is 6.34 Å². The third kappa shape index (κ3) is 4.09. The first-order valence-electron chi connectivity index (χ1n) is 3.23. The van der Waals surface area contributed by atoms with E-state index in [4.69, 9.17) is 10.5 Å². The van der Waals surface area contributed by atoms with Gasteiger partial charge in [-0.15, -0.1) is 0 Å². The number of aliphatic hydroxyl groups is 1. The molecular weight excluding hydrogens is 128 g/mol. The van der Waals surface area contributed by atoms with E-state index in [2.05, 4.69) is 0 Å². The maximum absolute atomic E-state index is 8.51. The van der Waals surface area contributed by atoms with Crippen molar-refractivity contribution in [3.05, 3.63) is 11.8 Å². The summed E-state index contributed by atoms with van der Waals surface area (Å²) in [5.41, 5.74) is 1.12. The van der Waals surface area contributed by atoms with Gasteiger partial charge in [0, 0.05) is 12.7 Å². The molecule has 0 rings (SSSR count). The predicted molar refractivity (Wildman–Crippen MR) is 42.0 cm³/mol. The molecule has 0 saturated carbocycles. The normalized spacial score (nSPS) is 8.70. The van der Waals surface area contributed by atoms with Crippen LogP contribution in [0.4, 0.5) is 0 Å². The zero-order chi connectivity index (χ0) is 7.98. The quantitative estimate of drug-likeness (QED) is 0.451. The highest BCUT2D eigenvalue weighted by Crippen LogP contribution is 1.92. The van der Waals surface area contributed by atoms with Crippen LogP contribution in [-0.2, 0) is 0 Å².